The van der Waals surface area contributed by atoms with Gasteiger partial charge in [0.1, 0.15) is 11.8 Å². The lowest BCUT2D eigenvalue weighted by atomic mass is 9.93. The molecule has 0 aromatic heterocycles. The lowest BCUT2D eigenvalue weighted by Crippen LogP contribution is -2.32. The molecule has 2 aliphatic heterocycles. The van der Waals surface area contributed by atoms with Crippen molar-refractivity contribution in [1.82, 2.24) is 0 Å². The number of carbonyl (C=O) groups is 4. The van der Waals surface area contributed by atoms with Gasteiger partial charge < -0.3 is 0 Å². The highest BCUT2D eigenvalue weighted by molar-refractivity contribution is 6.27. The molecule has 2 atom stereocenters. The van der Waals surface area contributed by atoms with Crippen LogP contribution in [0.2, 0.25) is 0 Å². The molecule has 2 unspecified atom stereocenters. The SMILES string of the molecule is CC1=NN(c2ccccc2)C(=O)C1C(=O)CCCCCCC(=O)C1C(=O)N(c2ccccc2)N=C1C. The molecule has 186 valence electrons. The average Bonchev–Trinajstić information content (AvgIpc) is 3.35. The second-order valence-corrected chi connectivity index (χ2v) is 9.17. The lowest BCUT2D eigenvalue weighted by molar-refractivity contribution is -0.130. The number of hydrazone groups is 2. The van der Waals surface area contributed by atoms with E-state index >= 15 is 0 Å². The van der Waals surface area contributed by atoms with Crippen molar-refractivity contribution in [3.63, 3.8) is 0 Å². The minimum absolute atomic E-state index is 0.125. The van der Waals surface area contributed by atoms with Crippen LogP contribution in [0, 0.1) is 11.8 Å². The number of ketones is 2. The highest BCUT2D eigenvalue weighted by Crippen LogP contribution is 2.27. The van der Waals surface area contributed by atoms with Crippen molar-refractivity contribution in [3.05, 3.63) is 60.7 Å². The zero-order valence-electron chi connectivity index (χ0n) is 20.6. The van der Waals surface area contributed by atoms with Gasteiger partial charge in [0.05, 0.1) is 22.8 Å². The van der Waals surface area contributed by atoms with Crippen LogP contribution in [-0.4, -0.2) is 34.8 Å². The zero-order chi connectivity index (χ0) is 25.7. The van der Waals surface area contributed by atoms with Crippen LogP contribution in [0.15, 0.2) is 70.9 Å². The molecule has 2 aromatic carbocycles. The predicted octanol–water partition coefficient (Wildman–Crippen LogP) is 4.54. The summed E-state index contributed by atoms with van der Waals surface area (Å²) in [5, 5.41) is 11.2. The summed E-state index contributed by atoms with van der Waals surface area (Å²) >= 11 is 0. The number of rotatable bonds is 11. The maximum Gasteiger partial charge on any atom is 0.263 e. The summed E-state index contributed by atoms with van der Waals surface area (Å²) in [7, 11) is 0. The van der Waals surface area contributed by atoms with Gasteiger partial charge in [0, 0.05) is 12.8 Å². The maximum absolute atomic E-state index is 12.8. The van der Waals surface area contributed by atoms with E-state index in [1.807, 2.05) is 36.4 Å². The molecule has 0 aliphatic carbocycles. The molecule has 2 amide bonds. The van der Waals surface area contributed by atoms with Gasteiger partial charge in [-0.3, -0.25) is 19.2 Å². The van der Waals surface area contributed by atoms with Crippen molar-refractivity contribution in [2.45, 2.75) is 52.4 Å². The Morgan fingerprint density at radius 3 is 1.36 bits per heavy atom. The van der Waals surface area contributed by atoms with Crippen molar-refractivity contribution in [2.75, 3.05) is 10.0 Å². The van der Waals surface area contributed by atoms with E-state index < -0.39 is 11.8 Å². The average molecular weight is 487 g/mol. The van der Waals surface area contributed by atoms with Gasteiger partial charge >= 0.3 is 0 Å². The van der Waals surface area contributed by atoms with Crippen LogP contribution in [-0.2, 0) is 19.2 Å². The van der Waals surface area contributed by atoms with Crippen molar-refractivity contribution >= 4 is 46.2 Å². The van der Waals surface area contributed by atoms with Gasteiger partial charge in [0.15, 0.2) is 11.6 Å². The minimum Gasteiger partial charge on any atom is -0.298 e. The second-order valence-electron chi connectivity index (χ2n) is 9.17. The smallest absolute Gasteiger partial charge is 0.263 e. The van der Waals surface area contributed by atoms with Gasteiger partial charge in [-0.15, -0.1) is 0 Å². The third-order valence-corrected chi connectivity index (χ3v) is 6.50. The van der Waals surface area contributed by atoms with E-state index in [1.54, 1.807) is 38.1 Å². The second kappa shape index (κ2) is 11.2. The number of anilines is 2. The van der Waals surface area contributed by atoms with E-state index in [9.17, 15) is 19.2 Å². The number of benzene rings is 2. The number of Topliss-reactive ketones (excluding diaryl/α,β-unsaturated/α-hetero) is 2. The fourth-order valence-electron chi connectivity index (χ4n) is 4.62. The van der Waals surface area contributed by atoms with Crippen LogP contribution in [0.1, 0.15) is 52.4 Å². The lowest BCUT2D eigenvalue weighted by Gasteiger charge is -2.14. The number of hydrogen-bond acceptors (Lipinski definition) is 6. The van der Waals surface area contributed by atoms with Gasteiger partial charge in [-0.25, -0.2) is 0 Å². The molecule has 0 saturated carbocycles. The molecule has 2 heterocycles. The van der Waals surface area contributed by atoms with Gasteiger partial charge in [-0.05, 0) is 51.0 Å². The molecule has 0 radical (unpaired) electrons. The van der Waals surface area contributed by atoms with E-state index in [2.05, 4.69) is 10.2 Å². The molecule has 8 heteroatoms. The molecule has 0 N–H and O–H groups in total. The van der Waals surface area contributed by atoms with Gasteiger partial charge in [-0.1, -0.05) is 49.2 Å². The number of unbranched alkanes of at least 4 members (excludes halogenated alkanes) is 3. The number of para-hydroxylation sites is 2. The molecule has 2 aromatic rings. The maximum atomic E-state index is 12.8. The van der Waals surface area contributed by atoms with E-state index in [1.165, 1.54) is 10.0 Å². The quantitative estimate of drug-likeness (QED) is 0.344. The molecule has 36 heavy (non-hydrogen) atoms. The summed E-state index contributed by atoms with van der Waals surface area (Å²) in [5.74, 6) is -2.51. The highest BCUT2D eigenvalue weighted by atomic mass is 16.2. The van der Waals surface area contributed by atoms with Crippen LogP contribution in [0.3, 0.4) is 0 Å². The van der Waals surface area contributed by atoms with Crippen LogP contribution in [0.4, 0.5) is 11.4 Å². The largest absolute Gasteiger partial charge is 0.298 e. The van der Waals surface area contributed by atoms with E-state index in [-0.39, 0.29) is 23.4 Å². The summed E-state index contributed by atoms with van der Waals surface area (Å²) in [6.45, 7) is 3.42. The Morgan fingerprint density at radius 2 is 1.00 bits per heavy atom. The van der Waals surface area contributed by atoms with Crippen LogP contribution in [0.25, 0.3) is 0 Å². The molecule has 0 spiro atoms. The Morgan fingerprint density at radius 1 is 0.639 bits per heavy atom. The normalized spacial score (nSPS) is 19.5. The Balaban J connectivity index is 1.18. The fourth-order valence-corrected chi connectivity index (χ4v) is 4.62. The Kier molecular flexibility index (Phi) is 7.83. The third-order valence-electron chi connectivity index (χ3n) is 6.50. The summed E-state index contributed by atoms with van der Waals surface area (Å²) in [5.41, 5.74) is 2.33. The Hall–Kier alpha value is -3.94. The molecule has 2 aliphatic rings. The predicted molar refractivity (Wildman–Crippen MR) is 139 cm³/mol. The molecular weight excluding hydrogens is 456 g/mol. The van der Waals surface area contributed by atoms with E-state index in [0.717, 1.165) is 12.8 Å². The molecule has 8 nitrogen and oxygen atoms in total. The molecule has 0 saturated heterocycles. The van der Waals surface area contributed by atoms with Gasteiger partial charge in [-0.2, -0.15) is 20.2 Å². The third kappa shape index (κ3) is 5.32. The Bertz CT molecular complexity index is 1110. The van der Waals surface area contributed by atoms with Crippen LogP contribution >= 0.6 is 0 Å². The molecule has 0 bridgehead atoms. The fraction of sp³-hybridized carbons (Fsp3) is 0.357. The van der Waals surface area contributed by atoms with Crippen LogP contribution in [0.5, 0.6) is 0 Å². The van der Waals surface area contributed by atoms with E-state index in [0.29, 0.717) is 48.5 Å². The van der Waals surface area contributed by atoms with Crippen molar-refractivity contribution in [2.24, 2.45) is 22.0 Å². The molecule has 4 rings (SSSR count). The standard InChI is InChI=1S/C28H30N4O4/c1-19-25(27(35)31(29-19)21-13-7-5-8-14-21)23(33)17-11-3-4-12-18-24(34)26-20(2)30-32(28(26)36)22-15-9-6-10-16-22/h5-10,13-16,25-26H,3-4,11-12,17-18H2,1-2H3. The van der Waals surface area contributed by atoms with Crippen LogP contribution < -0.4 is 10.0 Å². The highest BCUT2D eigenvalue weighted by Gasteiger charge is 2.40. The Labute approximate surface area is 210 Å². The minimum atomic E-state index is -0.824. The topological polar surface area (TPSA) is 99.5 Å². The number of hydrogen-bond donors (Lipinski definition) is 0. The summed E-state index contributed by atoms with van der Waals surface area (Å²) in [6.07, 6.45) is 3.39. The summed E-state index contributed by atoms with van der Waals surface area (Å²) in [4.78, 5) is 51.0. The number of carbonyl (C=O) groups excluding carboxylic acids is 4. The van der Waals surface area contributed by atoms with Crippen molar-refractivity contribution in [3.8, 4) is 0 Å². The van der Waals surface area contributed by atoms with Gasteiger partial charge in [0.2, 0.25) is 0 Å². The molecular formula is C28H30N4O4. The number of nitrogens with zero attached hydrogens (tertiary/aromatic N) is 4. The zero-order valence-corrected chi connectivity index (χ0v) is 20.6. The first-order valence-electron chi connectivity index (χ1n) is 12.3. The summed E-state index contributed by atoms with van der Waals surface area (Å²) in [6, 6.07) is 18.2. The van der Waals surface area contributed by atoms with Crippen molar-refractivity contribution < 1.29 is 19.2 Å². The van der Waals surface area contributed by atoms with E-state index in [4.69, 9.17) is 0 Å². The first kappa shape index (κ1) is 25.2. The summed E-state index contributed by atoms with van der Waals surface area (Å²) < 4.78 is 0. The first-order chi connectivity index (χ1) is 17.4. The van der Waals surface area contributed by atoms with Gasteiger partial charge in [0.25, 0.3) is 11.8 Å². The van der Waals surface area contributed by atoms with Crippen molar-refractivity contribution in [1.29, 1.82) is 0 Å². The number of amides is 2. The first-order valence-corrected chi connectivity index (χ1v) is 12.3. The molecule has 0 fully saturated rings. The monoisotopic (exact) mass is 486 g/mol.